The topological polar surface area (TPSA) is 77.6 Å². The number of alkyl carbamates (subject to hydrolysis) is 1. The van der Waals surface area contributed by atoms with E-state index in [1.165, 1.54) is 16.0 Å². The van der Waals surface area contributed by atoms with Crippen molar-refractivity contribution in [1.29, 1.82) is 0 Å². The van der Waals surface area contributed by atoms with Crippen LogP contribution in [0.4, 0.5) is 4.79 Å². The number of fused-ring (bicyclic) bond motifs is 1. The Bertz CT molecular complexity index is 896. The lowest BCUT2D eigenvalue weighted by molar-refractivity contribution is 0.0522. The van der Waals surface area contributed by atoms with E-state index >= 15 is 0 Å². The Labute approximate surface area is 190 Å². The maximum Gasteiger partial charge on any atom is 0.407 e. The second-order valence-electron chi connectivity index (χ2n) is 9.41. The molecule has 0 aliphatic carbocycles. The van der Waals surface area contributed by atoms with Crippen LogP contribution in [0.5, 0.6) is 5.75 Å². The standard InChI is InChI=1S/C24H37N3O3S/c1-6-17-18-7-8-20(28)19(21(18)26-22(17)31-5)15-27-13-10-16(11-14-27)9-12-25-23(29)30-24(2,3)4/h7-8,16,26,28H,6,9-15H2,1-5H3,(H,25,29). The number of phenols is 1. The van der Waals surface area contributed by atoms with Crippen molar-refractivity contribution < 1.29 is 14.6 Å². The molecule has 0 bridgehead atoms. The molecule has 7 heteroatoms. The minimum absolute atomic E-state index is 0.337. The highest BCUT2D eigenvalue weighted by Gasteiger charge is 2.23. The van der Waals surface area contributed by atoms with E-state index in [1.807, 2.05) is 32.9 Å². The number of phenolic OH excluding ortho intramolecular Hbond substituents is 1. The van der Waals surface area contributed by atoms with E-state index in [-0.39, 0.29) is 6.09 Å². The molecule has 2 heterocycles. The number of aromatic nitrogens is 1. The summed E-state index contributed by atoms with van der Waals surface area (Å²) in [5, 5.41) is 15.9. The average Bonchev–Trinajstić information content (AvgIpc) is 3.08. The molecule has 1 aromatic carbocycles. The van der Waals surface area contributed by atoms with Crippen LogP contribution < -0.4 is 5.32 Å². The number of aromatic hydroxyl groups is 1. The van der Waals surface area contributed by atoms with Gasteiger partial charge in [0.25, 0.3) is 0 Å². The number of nitrogens with zero attached hydrogens (tertiary/aromatic N) is 1. The van der Waals surface area contributed by atoms with Gasteiger partial charge < -0.3 is 20.1 Å². The lowest BCUT2D eigenvalue weighted by Gasteiger charge is -2.32. The Kier molecular flexibility index (Phi) is 7.81. The van der Waals surface area contributed by atoms with Gasteiger partial charge in [0.1, 0.15) is 11.4 Å². The van der Waals surface area contributed by atoms with Gasteiger partial charge in [0.05, 0.1) is 10.5 Å². The van der Waals surface area contributed by atoms with Crippen LogP contribution in [0.2, 0.25) is 0 Å². The molecule has 3 N–H and O–H groups in total. The fourth-order valence-electron chi connectivity index (χ4n) is 4.38. The third-order valence-electron chi connectivity index (χ3n) is 5.99. The smallest absolute Gasteiger partial charge is 0.407 e. The number of nitrogens with one attached hydrogen (secondary N) is 2. The van der Waals surface area contributed by atoms with Crippen molar-refractivity contribution in [2.75, 3.05) is 25.9 Å². The summed E-state index contributed by atoms with van der Waals surface area (Å²) in [6.45, 7) is 11.2. The van der Waals surface area contributed by atoms with E-state index in [1.54, 1.807) is 11.8 Å². The van der Waals surface area contributed by atoms with E-state index < -0.39 is 5.60 Å². The van der Waals surface area contributed by atoms with Crippen molar-refractivity contribution in [2.45, 2.75) is 70.6 Å². The van der Waals surface area contributed by atoms with Crippen LogP contribution in [0.1, 0.15) is 58.1 Å². The van der Waals surface area contributed by atoms with Crippen molar-refractivity contribution in [3.05, 3.63) is 23.3 Å². The van der Waals surface area contributed by atoms with E-state index in [9.17, 15) is 9.90 Å². The number of aryl methyl sites for hydroxylation is 1. The molecular weight excluding hydrogens is 410 g/mol. The zero-order valence-corrected chi connectivity index (χ0v) is 20.3. The van der Waals surface area contributed by atoms with Crippen molar-refractivity contribution in [3.63, 3.8) is 0 Å². The highest BCUT2D eigenvalue weighted by atomic mass is 32.2. The normalized spacial score (nSPS) is 16.0. The molecule has 1 fully saturated rings. The summed E-state index contributed by atoms with van der Waals surface area (Å²) in [5.74, 6) is 0.976. The third kappa shape index (κ3) is 6.10. The minimum atomic E-state index is -0.461. The minimum Gasteiger partial charge on any atom is -0.508 e. The lowest BCUT2D eigenvalue weighted by atomic mass is 9.93. The van der Waals surface area contributed by atoms with Crippen LogP contribution in [-0.2, 0) is 17.7 Å². The monoisotopic (exact) mass is 447 g/mol. The molecule has 1 aromatic heterocycles. The first-order chi connectivity index (χ1) is 14.7. The molecule has 0 unspecified atom stereocenters. The average molecular weight is 448 g/mol. The van der Waals surface area contributed by atoms with Crippen LogP contribution in [0.25, 0.3) is 10.9 Å². The number of amides is 1. The molecule has 0 saturated carbocycles. The maximum absolute atomic E-state index is 11.8. The summed E-state index contributed by atoms with van der Waals surface area (Å²) < 4.78 is 5.30. The summed E-state index contributed by atoms with van der Waals surface area (Å²) in [7, 11) is 0. The number of carbonyl (C=O) groups is 1. The Morgan fingerprint density at radius 1 is 1.29 bits per heavy atom. The van der Waals surface area contributed by atoms with E-state index in [0.717, 1.165) is 56.4 Å². The number of hydrogen-bond donors (Lipinski definition) is 3. The Hall–Kier alpha value is -1.86. The van der Waals surface area contributed by atoms with Crippen LogP contribution in [-0.4, -0.2) is 52.6 Å². The number of aromatic amines is 1. The fraction of sp³-hybridized carbons (Fsp3) is 0.625. The quantitative estimate of drug-likeness (QED) is 0.503. The fourth-order valence-corrected chi connectivity index (χ4v) is 5.08. The summed E-state index contributed by atoms with van der Waals surface area (Å²) in [5.41, 5.74) is 2.94. The first-order valence-corrected chi connectivity index (χ1v) is 12.5. The predicted octanol–water partition coefficient (Wildman–Crippen LogP) is 5.28. The molecule has 31 heavy (non-hydrogen) atoms. The highest BCUT2D eigenvalue weighted by molar-refractivity contribution is 7.98. The molecule has 6 nitrogen and oxygen atoms in total. The zero-order valence-electron chi connectivity index (χ0n) is 19.5. The van der Waals surface area contributed by atoms with Gasteiger partial charge in [-0.25, -0.2) is 4.79 Å². The zero-order chi connectivity index (χ0) is 22.6. The largest absolute Gasteiger partial charge is 0.508 e. The molecule has 1 aliphatic heterocycles. The van der Waals surface area contributed by atoms with Gasteiger partial charge in [-0.05, 0) is 89.4 Å². The van der Waals surface area contributed by atoms with E-state index in [0.29, 0.717) is 18.2 Å². The summed E-state index contributed by atoms with van der Waals surface area (Å²) >= 11 is 1.73. The number of rotatable bonds is 7. The first-order valence-electron chi connectivity index (χ1n) is 11.3. The SMILES string of the molecule is CCc1c(SC)[nH]c2c(CN3CCC(CCNC(=O)OC(C)(C)C)CC3)c(O)ccc12. The van der Waals surface area contributed by atoms with Gasteiger partial charge in [0, 0.05) is 24.0 Å². The molecule has 3 rings (SSSR count). The maximum atomic E-state index is 11.8. The van der Waals surface area contributed by atoms with Crippen molar-refractivity contribution >= 4 is 28.8 Å². The van der Waals surface area contributed by atoms with Crippen molar-refractivity contribution in [1.82, 2.24) is 15.2 Å². The van der Waals surface area contributed by atoms with Gasteiger partial charge in [-0.2, -0.15) is 0 Å². The molecular formula is C24H37N3O3S. The predicted molar refractivity (Wildman–Crippen MR) is 128 cm³/mol. The van der Waals surface area contributed by atoms with Gasteiger partial charge in [-0.15, -0.1) is 11.8 Å². The van der Waals surface area contributed by atoms with Gasteiger partial charge >= 0.3 is 6.09 Å². The van der Waals surface area contributed by atoms with E-state index in [4.69, 9.17) is 4.74 Å². The van der Waals surface area contributed by atoms with Gasteiger partial charge in [-0.3, -0.25) is 4.90 Å². The molecule has 1 amide bonds. The van der Waals surface area contributed by atoms with Crippen molar-refractivity contribution in [3.8, 4) is 5.75 Å². The molecule has 0 radical (unpaired) electrons. The molecule has 1 aliphatic rings. The Morgan fingerprint density at radius 2 is 2.00 bits per heavy atom. The Morgan fingerprint density at radius 3 is 2.61 bits per heavy atom. The van der Waals surface area contributed by atoms with Crippen LogP contribution in [0.3, 0.4) is 0 Å². The van der Waals surface area contributed by atoms with Gasteiger partial charge in [0.2, 0.25) is 0 Å². The second kappa shape index (κ2) is 10.2. The van der Waals surface area contributed by atoms with Crippen LogP contribution >= 0.6 is 11.8 Å². The number of H-pyrrole nitrogens is 1. The second-order valence-corrected chi connectivity index (χ2v) is 10.2. The van der Waals surface area contributed by atoms with Crippen LogP contribution in [0, 0.1) is 5.92 Å². The number of benzene rings is 1. The third-order valence-corrected chi connectivity index (χ3v) is 6.75. The number of ether oxygens (including phenoxy) is 1. The number of thioether (sulfide) groups is 1. The van der Waals surface area contributed by atoms with Crippen LogP contribution in [0.15, 0.2) is 17.2 Å². The molecule has 0 spiro atoms. The highest BCUT2D eigenvalue weighted by Crippen LogP contribution is 2.35. The molecule has 1 saturated heterocycles. The van der Waals surface area contributed by atoms with Gasteiger partial charge in [0.15, 0.2) is 0 Å². The number of likely N-dealkylation sites (tertiary alicyclic amines) is 1. The lowest BCUT2D eigenvalue weighted by Crippen LogP contribution is -2.36. The van der Waals surface area contributed by atoms with Gasteiger partial charge in [-0.1, -0.05) is 6.92 Å². The summed E-state index contributed by atoms with van der Waals surface area (Å²) in [6.07, 6.45) is 5.91. The molecule has 172 valence electrons. The summed E-state index contributed by atoms with van der Waals surface area (Å²) in [4.78, 5) is 17.8. The first kappa shape index (κ1) is 23.8. The Balaban J connectivity index is 1.54. The number of piperidine rings is 1. The number of hydrogen-bond acceptors (Lipinski definition) is 5. The molecule has 0 atom stereocenters. The number of carbonyl (C=O) groups excluding carboxylic acids is 1. The van der Waals surface area contributed by atoms with E-state index in [2.05, 4.69) is 28.4 Å². The summed E-state index contributed by atoms with van der Waals surface area (Å²) in [6, 6.07) is 3.87. The molecule has 2 aromatic rings. The van der Waals surface area contributed by atoms with Crippen molar-refractivity contribution in [2.24, 2.45) is 5.92 Å².